The number of para-hydroxylation sites is 1. The van der Waals surface area contributed by atoms with Crippen molar-refractivity contribution in [2.45, 2.75) is 0 Å². The molecule has 0 radical (unpaired) electrons. The Labute approximate surface area is 166 Å². The molecule has 0 aliphatic carbocycles. The maximum atomic E-state index is 12.5. The molecule has 0 saturated heterocycles. The number of aromatic nitrogens is 2. The zero-order chi connectivity index (χ0) is 19.6. The fourth-order valence-electron chi connectivity index (χ4n) is 3.39. The minimum absolute atomic E-state index is 0.149. The van der Waals surface area contributed by atoms with E-state index in [2.05, 4.69) is 15.0 Å². The number of nitrogens with one attached hydrogen (secondary N) is 2. The van der Waals surface area contributed by atoms with Gasteiger partial charge in [0, 0.05) is 34.2 Å². The highest BCUT2D eigenvalue weighted by Crippen LogP contribution is 2.26. The van der Waals surface area contributed by atoms with Gasteiger partial charge in [-0.2, -0.15) is 0 Å². The molecule has 0 aliphatic heterocycles. The Hall–Kier alpha value is -4.12. The Balaban J connectivity index is 1.47. The van der Waals surface area contributed by atoms with Gasteiger partial charge in [0.1, 0.15) is 11.5 Å². The van der Waals surface area contributed by atoms with Crippen LogP contribution in [0, 0.1) is 0 Å². The molecule has 0 bridgehead atoms. The van der Waals surface area contributed by atoms with Crippen molar-refractivity contribution in [3.63, 3.8) is 0 Å². The van der Waals surface area contributed by atoms with Gasteiger partial charge in [0.2, 0.25) is 0 Å². The fourth-order valence-corrected chi connectivity index (χ4v) is 3.39. The van der Waals surface area contributed by atoms with E-state index >= 15 is 0 Å². The molecule has 5 heteroatoms. The summed E-state index contributed by atoms with van der Waals surface area (Å²) in [7, 11) is 0. The number of ether oxygens (including phenoxy) is 1. The van der Waals surface area contributed by atoms with E-state index in [1.165, 1.54) is 0 Å². The van der Waals surface area contributed by atoms with E-state index in [1.807, 2.05) is 85.1 Å². The van der Waals surface area contributed by atoms with Gasteiger partial charge in [-0.25, -0.2) is 0 Å². The van der Waals surface area contributed by atoms with Crippen molar-refractivity contribution in [2.75, 3.05) is 0 Å². The molecule has 0 fully saturated rings. The molecular weight excluding hydrogens is 362 g/mol. The lowest BCUT2D eigenvalue weighted by Gasteiger charge is -2.05. The predicted octanol–water partition coefficient (Wildman–Crippen LogP) is 5.55. The zero-order valence-electron chi connectivity index (χ0n) is 15.4. The van der Waals surface area contributed by atoms with Gasteiger partial charge in [0.25, 0.3) is 5.56 Å². The minimum Gasteiger partial charge on any atom is -0.457 e. The van der Waals surface area contributed by atoms with Gasteiger partial charge in [-0.05, 0) is 54.6 Å². The predicted molar refractivity (Wildman–Crippen MR) is 117 cm³/mol. The van der Waals surface area contributed by atoms with E-state index in [9.17, 15) is 4.79 Å². The summed E-state index contributed by atoms with van der Waals surface area (Å²) in [5.41, 5.74) is 2.91. The highest BCUT2D eigenvalue weighted by atomic mass is 16.5. The van der Waals surface area contributed by atoms with Crippen LogP contribution in [-0.2, 0) is 0 Å². The molecule has 0 atom stereocenters. The summed E-state index contributed by atoms with van der Waals surface area (Å²) in [6.07, 6.45) is 3.49. The number of benzene rings is 3. The fraction of sp³-hybridized carbons (Fsp3) is 0. The molecule has 0 amide bonds. The molecule has 140 valence electrons. The van der Waals surface area contributed by atoms with Gasteiger partial charge >= 0.3 is 0 Å². The summed E-state index contributed by atoms with van der Waals surface area (Å²) in [5, 5.41) is 1.86. The third-order valence-electron chi connectivity index (χ3n) is 4.76. The van der Waals surface area contributed by atoms with Crippen LogP contribution < -0.4 is 10.3 Å². The van der Waals surface area contributed by atoms with E-state index in [4.69, 9.17) is 4.74 Å². The molecule has 2 aromatic heterocycles. The van der Waals surface area contributed by atoms with Crippen molar-refractivity contribution in [3.8, 4) is 11.5 Å². The number of hydrogen-bond acceptors (Lipinski definition) is 3. The smallest absolute Gasteiger partial charge is 0.257 e. The molecule has 29 heavy (non-hydrogen) atoms. The van der Waals surface area contributed by atoms with E-state index in [0.29, 0.717) is 5.56 Å². The number of hydrogen-bond donors (Lipinski definition) is 2. The molecule has 2 heterocycles. The zero-order valence-corrected chi connectivity index (χ0v) is 15.4. The number of rotatable bonds is 4. The molecule has 5 rings (SSSR count). The topological polar surface area (TPSA) is 70.2 Å². The highest BCUT2D eigenvalue weighted by Gasteiger charge is 2.11. The second kappa shape index (κ2) is 7.13. The Bertz CT molecular complexity index is 1380. The molecule has 5 aromatic rings. The van der Waals surface area contributed by atoms with Gasteiger partial charge in [-0.1, -0.05) is 24.3 Å². The van der Waals surface area contributed by atoms with Crippen LogP contribution in [0.4, 0.5) is 5.69 Å². The molecule has 0 unspecified atom stereocenters. The highest BCUT2D eigenvalue weighted by molar-refractivity contribution is 6.13. The minimum atomic E-state index is -0.149. The average molecular weight is 379 g/mol. The van der Waals surface area contributed by atoms with Crippen LogP contribution in [0.5, 0.6) is 11.5 Å². The first-order chi connectivity index (χ1) is 14.3. The van der Waals surface area contributed by atoms with Gasteiger partial charge in [-0.3, -0.25) is 9.79 Å². The molecule has 0 aliphatic rings. The number of aliphatic imine (C=N–C) groups is 1. The summed E-state index contributed by atoms with van der Waals surface area (Å²) in [6, 6.07) is 24.8. The first kappa shape index (κ1) is 17.0. The van der Waals surface area contributed by atoms with Crippen molar-refractivity contribution in [3.05, 3.63) is 101 Å². The van der Waals surface area contributed by atoms with Crippen LogP contribution in [0.1, 0.15) is 5.56 Å². The molecule has 0 spiro atoms. The van der Waals surface area contributed by atoms with E-state index < -0.39 is 0 Å². The van der Waals surface area contributed by atoms with Crippen molar-refractivity contribution < 1.29 is 4.74 Å². The third-order valence-corrected chi connectivity index (χ3v) is 4.76. The molecule has 5 nitrogen and oxygen atoms in total. The number of nitrogens with zero attached hydrogens (tertiary/aromatic N) is 1. The van der Waals surface area contributed by atoms with Crippen LogP contribution in [-0.4, -0.2) is 16.2 Å². The van der Waals surface area contributed by atoms with Crippen molar-refractivity contribution in [2.24, 2.45) is 4.99 Å². The first-order valence-corrected chi connectivity index (χ1v) is 9.27. The molecule has 2 N–H and O–H groups in total. The largest absolute Gasteiger partial charge is 0.457 e. The molecular formula is C24H17N3O2. The van der Waals surface area contributed by atoms with E-state index in [-0.39, 0.29) is 5.56 Å². The number of fused-ring (bicyclic) bond motifs is 3. The van der Waals surface area contributed by atoms with Crippen LogP contribution in [0.3, 0.4) is 0 Å². The normalized spacial score (nSPS) is 11.4. The van der Waals surface area contributed by atoms with E-state index in [0.717, 1.165) is 39.0 Å². The standard InChI is InChI=1S/C24H17N3O2/c28-24-20(23-19-7-4-14-25-21(19)12-13-22(23)27-24)15-26-16-8-10-18(11-9-16)29-17-5-2-1-3-6-17/h1-15,25H,(H,27,28). The van der Waals surface area contributed by atoms with Crippen molar-refractivity contribution in [1.82, 2.24) is 9.97 Å². The summed E-state index contributed by atoms with van der Waals surface area (Å²) in [6.45, 7) is 0. The van der Waals surface area contributed by atoms with Gasteiger partial charge < -0.3 is 14.7 Å². The number of pyridine rings is 1. The third kappa shape index (κ3) is 3.30. The average Bonchev–Trinajstić information content (AvgIpc) is 3.09. The Morgan fingerprint density at radius 3 is 2.38 bits per heavy atom. The van der Waals surface area contributed by atoms with Crippen LogP contribution in [0.15, 0.2) is 94.8 Å². The van der Waals surface area contributed by atoms with Crippen LogP contribution in [0.2, 0.25) is 0 Å². The van der Waals surface area contributed by atoms with Crippen molar-refractivity contribution >= 4 is 33.7 Å². The van der Waals surface area contributed by atoms with Crippen molar-refractivity contribution in [1.29, 1.82) is 0 Å². The van der Waals surface area contributed by atoms with Crippen LogP contribution >= 0.6 is 0 Å². The Kier molecular flexibility index (Phi) is 4.18. The van der Waals surface area contributed by atoms with Crippen LogP contribution in [0.25, 0.3) is 21.8 Å². The number of H-pyrrole nitrogens is 2. The second-order valence-electron chi connectivity index (χ2n) is 6.65. The lowest BCUT2D eigenvalue weighted by Crippen LogP contribution is -2.04. The lowest BCUT2D eigenvalue weighted by atomic mass is 10.1. The monoisotopic (exact) mass is 379 g/mol. The second-order valence-corrected chi connectivity index (χ2v) is 6.65. The molecule has 3 aromatic carbocycles. The quantitative estimate of drug-likeness (QED) is 0.402. The maximum absolute atomic E-state index is 12.5. The van der Waals surface area contributed by atoms with Gasteiger partial charge in [0.15, 0.2) is 0 Å². The molecule has 0 saturated carbocycles. The summed E-state index contributed by atoms with van der Waals surface area (Å²) >= 11 is 0. The lowest BCUT2D eigenvalue weighted by molar-refractivity contribution is 0.483. The first-order valence-electron chi connectivity index (χ1n) is 9.27. The maximum Gasteiger partial charge on any atom is 0.257 e. The Morgan fingerprint density at radius 2 is 1.55 bits per heavy atom. The SMILES string of the molecule is O=c1[nH]c2ccc3[nH]cccc3c2c1C=Nc1ccc(Oc2ccccc2)cc1. The summed E-state index contributed by atoms with van der Waals surface area (Å²) < 4.78 is 5.80. The summed E-state index contributed by atoms with van der Waals surface area (Å²) in [5.74, 6) is 1.51. The number of aromatic amines is 2. The van der Waals surface area contributed by atoms with Gasteiger partial charge in [-0.15, -0.1) is 0 Å². The Morgan fingerprint density at radius 1 is 0.793 bits per heavy atom. The van der Waals surface area contributed by atoms with E-state index in [1.54, 1.807) is 6.21 Å². The summed E-state index contributed by atoms with van der Waals surface area (Å²) in [4.78, 5) is 23.1. The van der Waals surface area contributed by atoms with Gasteiger partial charge in [0.05, 0.1) is 11.3 Å².